The minimum Gasteiger partial charge on any atom is -0.465 e. The molecule has 1 aromatic carbocycles. The molecule has 142 valence electrons. The number of nitrogens with zero attached hydrogens (tertiary/aromatic N) is 3. The van der Waals surface area contributed by atoms with Gasteiger partial charge in [0.05, 0.1) is 25.8 Å². The lowest BCUT2D eigenvalue weighted by atomic mass is 10.1. The first-order valence-electron chi connectivity index (χ1n) is 8.60. The predicted molar refractivity (Wildman–Crippen MR) is 99.8 cm³/mol. The second-order valence-corrected chi connectivity index (χ2v) is 5.96. The van der Waals surface area contributed by atoms with E-state index in [1.165, 1.54) is 11.7 Å². The SMILES string of the molecule is CCCCOc1nc(N)c2[nH]c(=O)n(Cc3ccccc3C(=O)OC)c2n1. The Morgan fingerprint density at radius 1 is 1.30 bits per heavy atom. The number of carbonyl (C=O) groups is 1. The Morgan fingerprint density at radius 3 is 2.81 bits per heavy atom. The van der Waals surface area contributed by atoms with Crippen molar-refractivity contribution in [1.29, 1.82) is 0 Å². The third kappa shape index (κ3) is 3.76. The minimum absolute atomic E-state index is 0.113. The molecule has 0 aliphatic rings. The highest BCUT2D eigenvalue weighted by atomic mass is 16.5. The lowest BCUT2D eigenvalue weighted by Gasteiger charge is -2.09. The summed E-state index contributed by atoms with van der Waals surface area (Å²) in [7, 11) is 1.31. The summed E-state index contributed by atoms with van der Waals surface area (Å²) in [6, 6.07) is 7.02. The van der Waals surface area contributed by atoms with Gasteiger partial charge in [-0.3, -0.25) is 4.57 Å². The van der Waals surface area contributed by atoms with Gasteiger partial charge in [-0.05, 0) is 18.1 Å². The number of imidazole rings is 1. The van der Waals surface area contributed by atoms with Crippen LogP contribution >= 0.6 is 0 Å². The highest BCUT2D eigenvalue weighted by Gasteiger charge is 2.17. The van der Waals surface area contributed by atoms with Gasteiger partial charge in [0.2, 0.25) is 0 Å². The Labute approximate surface area is 155 Å². The van der Waals surface area contributed by atoms with Crippen LogP contribution < -0.4 is 16.2 Å². The Morgan fingerprint density at radius 2 is 2.07 bits per heavy atom. The molecule has 2 aromatic heterocycles. The second-order valence-electron chi connectivity index (χ2n) is 5.96. The first-order chi connectivity index (χ1) is 13.0. The van der Waals surface area contributed by atoms with Crippen LogP contribution in [0.3, 0.4) is 0 Å². The summed E-state index contributed by atoms with van der Waals surface area (Å²) < 4.78 is 11.7. The van der Waals surface area contributed by atoms with Crippen molar-refractivity contribution in [3.8, 4) is 6.01 Å². The molecular formula is C18H21N5O4. The summed E-state index contributed by atoms with van der Waals surface area (Å²) in [6.07, 6.45) is 1.82. The lowest BCUT2D eigenvalue weighted by Crippen LogP contribution is -2.19. The summed E-state index contributed by atoms with van der Waals surface area (Å²) in [6.45, 7) is 2.63. The third-order valence-corrected chi connectivity index (χ3v) is 4.11. The zero-order chi connectivity index (χ0) is 19.4. The van der Waals surface area contributed by atoms with E-state index in [-0.39, 0.29) is 18.4 Å². The van der Waals surface area contributed by atoms with Gasteiger partial charge in [0, 0.05) is 0 Å². The fourth-order valence-corrected chi connectivity index (χ4v) is 2.69. The number of hydrogen-bond donors (Lipinski definition) is 2. The average Bonchev–Trinajstić information content (AvgIpc) is 2.98. The first-order valence-corrected chi connectivity index (χ1v) is 8.60. The van der Waals surface area contributed by atoms with Crippen molar-refractivity contribution in [3.63, 3.8) is 0 Å². The van der Waals surface area contributed by atoms with Crippen molar-refractivity contribution < 1.29 is 14.3 Å². The van der Waals surface area contributed by atoms with E-state index in [2.05, 4.69) is 15.0 Å². The van der Waals surface area contributed by atoms with Gasteiger partial charge in [-0.2, -0.15) is 9.97 Å². The minimum atomic E-state index is -0.476. The standard InChI is InChI=1S/C18H21N5O4/c1-3-4-9-27-17-21-14(19)13-15(22-17)23(18(25)20-13)10-11-7-5-6-8-12(11)16(24)26-2/h5-8H,3-4,9-10H2,1-2H3,(H,20,25)(H2,19,21,22). The molecular weight excluding hydrogens is 350 g/mol. The van der Waals surface area contributed by atoms with E-state index in [0.717, 1.165) is 12.8 Å². The van der Waals surface area contributed by atoms with E-state index in [1.807, 2.05) is 6.92 Å². The quantitative estimate of drug-likeness (QED) is 0.478. The topological polar surface area (TPSA) is 125 Å². The molecule has 0 atom stereocenters. The predicted octanol–water partition coefficient (Wildman–Crippen LogP) is 1.72. The second kappa shape index (κ2) is 7.90. The maximum Gasteiger partial charge on any atom is 0.338 e. The van der Waals surface area contributed by atoms with Gasteiger partial charge in [0.15, 0.2) is 11.5 Å². The molecule has 0 spiro atoms. The number of fused-ring (bicyclic) bond motifs is 1. The fourth-order valence-electron chi connectivity index (χ4n) is 2.69. The van der Waals surface area contributed by atoms with Gasteiger partial charge in [0.1, 0.15) is 5.52 Å². The maximum atomic E-state index is 12.4. The molecule has 0 saturated heterocycles. The van der Waals surface area contributed by atoms with Crippen molar-refractivity contribution in [2.75, 3.05) is 19.5 Å². The van der Waals surface area contributed by atoms with Crippen LogP contribution in [0.1, 0.15) is 35.7 Å². The van der Waals surface area contributed by atoms with Crippen LogP contribution in [0.4, 0.5) is 5.82 Å². The van der Waals surface area contributed by atoms with Crippen LogP contribution in [0.25, 0.3) is 11.2 Å². The summed E-state index contributed by atoms with van der Waals surface area (Å²) in [5, 5.41) is 0. The summed E-state index contributed by atoms with van der Waals surface area (Å²) in [5.41, 5.74) is 7.19. The number of methoxy groups -OCH3 is 1. The number of unbranched alkanes of at least 4 members (excludes halogenated alkanes) is 1. The Bertz CT molecular complexity index is 1020. The van der Waals surface area contributed by atoms with Crippen molar-refractivity contribution in [2.45, 2.75) is 26.3 Å². The number of nitrogens with two attached hydrogens (primary N) is 1. The van der Waals surface area contributed by atoms with Crippen LogP contribution in [0.15, 0.2) is 29.1 Å². The molecule has 9 nitrogen and oxygen atoms in total. The number of nitrogens with one attached hydrogen (secondary N) is 1. The Kier molecular flexibility index (Phi) is 5.39. The number of H-pyrrole nitrogens is 1. The molecule has 27 heavy (non-hydrogen) atoms. The molecule has 0 amide bonds. The number of aromatic nitrogens is 4. The number of benzene rings is 1. The van der Waals surface area contributed by atoms with Gasteiger partial charge in [-0.25, -0.2) is 9.59 Å². The molecule has 0 saturated carbocycles. The third-order valence-electron chi connectivity index (χ3n) is 4.11. The average molecular weight is 371 g/mol. The summed E-state index contributed by atoms with van der Waals surface area (Å²) >= 11 is 0. The highest BCUT2D eigenvalue weighted by molar-refractivity contribution is 5.91. The van der Waals surface area contributed by atoms with Crippen LogP contribution in [-0.4, -0.2) is 39.2 Å². The zero-order valence-electron chi connectivity index (χ0n) is 15.2. The molecule has 3 rings (SSSR count). The highest BCUT2D eigenvalue weighted by Crippen LogP contribution is 2.20. The molecule has 0 unspecified atom stereocenters. The largest absolute Gasteiger partial charge is 0.465 e. The maximum absolute atomic E-state index is 12.4. The molecule has 0 aliphatic heterocycles. The van der Waals surface area contributed by atoms with Gasteiger partial charge in [-0.1, -0.05) is 31.5 Å². The van der Waals surface area contributed by atoms with Gasteiger partial charge in [0.25, 0.3) is 0 Å². The molecule has 0 fully saturated rings. The monoisotopic (exact) mass is 371 g/mol. The van der Waals surface area contributed by atoms with Crippen molar-refractivity contribution in [3.05, 3.63) is 45.9 Å². The molecule has 3 aromatic rings. The molecule has 3 N–H and O–H groups in total. The van der Waals surface area contributed by atoms with Crippen LogP contribution in [0, 0.1) is 0 Å². The van der Waals surface area contributed by atoms with Crippen LogP contribution in [0.2, 0.25) is 0 Å². The molecule has 2 heterocycles. The number of ether oxygens (including phenoxy) is 2. The first kappa shape index (κ1) is 18.4. The molecule has 9 heteroatoms. The summed E-state index contributed by atoms with van der Waals surface area (Å²) in [5.74, 6) is -0.347. The molecule has 0 aliphatic carbocycles. The Balaban J connectivity index is 2.03. The number of esters is 1. The van der Waals surface area contributed by atoms with E-state index in [9.17, 15) is 9.59 Å². The number of nitrogen functional groups attached to an aromatic ring is 1. The fraction of sp³-hybridized carbons (Fsp3) is 0.333. The van der Waals surface area contributed by atoms with E-state index in [4.69, 9.17) is 15.2 Å². The van der Waals surface area contributed by atoms with Crippen molar-refractivity contribution in [1.82, 2.24) is 19.5 Å². The van der Waals surface area contributed by atoms with Crippen LogP contribution in [-0.2, 0) is 11.3 Å². The molecule has 0 radical (unpaired) electrons. The van der Waals surface area contributed by atoms with Gasteiger partial charge in [-0.15, -0.1) is 0 Å². The number of aromatic amines is 1. The zero-order valence-corrected chi connectivity index (χ0v) is 15.2. The van der Waals surface area contributed by atoms with Crippen LogP contribution in [0.5, 0.6) is 6.01 Å². The van der Waals surface area contributed by atoms with Crippen molar-refractivity contribution in [2.24, 2.45) is 0 Å². The number of rotatable bonds is 7. The summed E-state index contributed by atoms with van der Waals surface area (Å²) in [4.78, 5) is 35.5. The van der Waals surface area contributed by atoms with E-state index in [0.29, 0.717) is 28.9 Å². The van der Waals surface area contributed by atoms with Crippen molar-refractivity contribution >= 4 is 23.0 Å². The normalized spacial score (nSPS) is 10.9. The number of carbonyl (C=O) groups excluding carboxylic acids is 1. The number of hydrogen-bond acceptors (Lipinski definition) is 7. The lowest BCUT2D eigenvalue weighted by molar-refractivity contribution is 0.0599. The van der Waals surface area contributed by atoms with Gasteiger partial charge >= 0.3 is 17.7 Å². The van der Waals surface area contributed by atoms with E-state index in [1.54, 1.807) is 24.3 Å². The van der Waals surface area contributed by atoms with Gasteiger partial charge < -0.3 is 20.2 Å². The number of anilines is 1. The smallest absolute Gasteiger partial charge is 0.338 e. The Hall–Kier alpha value is -3.36. The van der Waals surface area contributed by atoms with E-state index < -0.39 is 11.7 Å². The molecule has 0 bridgehead atoms. The van der Waals surface area contributed by atoms with E-state index >= 15 is 0 Å².